The molecule has 25 heavy (non-hydrogen) atoms. The third kappa shape index (κ3) is 6.91. The average Bonchev–Trinajstić information content (AvgIpc) is 2.58. The van der Waals surface area contributed by atoms with Crippen LogP contribution >= 0.6 is 11.6 Å². The van der Waals surface area contributed by atoms with Gasteiger partial charge in [-0.2, -0.15) is 4.31 Å². The fourth-order valence-corrected chi connectivity index (χ4v) is 3.48. The van der Waals surface area contributed by atoms with Gasteiger partial charge in [0.1, 0.15) is 0 Å². The molecule has 0 radical (unpaired) electrons. The minimum Gasteiger partial charge on any atom is -0.379 e. The number of rotatable bonds is 8. The van der Waals surface area contributed by atoms with Gasteiger partial charge >= 0.3 is 0 Å². The Hall–Kier alpha value is -1.19. The molecule has 0 unspecified atom stereocenters. The first-order chi connectivity index (χ1) is 11.9. The zero-order valence-corrected chi connectivity index (χ0v) is 15.9. The van der Waals surface area contributed by atoms with Crippen LogP contribution in [0.25, 0.3) is 0 Å². The third-order valence-electron chi connectivity index (χ3n) is 3.99. The lowest BCUT2D eigenvalue weighted by atomic mass is 10.2. The predicted octanol–water partition coefficient (Wildman–Crippen LogP) is 0.664. The third-order valence-corrected chi connectivity index (χ3v) is 5.55. The van der Waals surface area contributed by atoms with Crippen molar-refractivity contribution in [3.63, 3.8) is 0 Å². The molecule has 0 atom stereocenters. The molecule has 1 fully saturated rings. The van der Waals surface area contributed by atoms with E-state index in [1.54, 1.807) is 24.3 Å². The lowest BCUT2D eigenvalue weighted by Gasteiger charge is -2.29. The van der Waals surface area contributed by atoms with Gasteiger partial charge in [0.15, 0.2) is 0 Å². The van der Waals surface area contributed by atoms with Crippen molar-refractivity contribution in [1.82, 2.24) is 14.5 Å². The van der Waals surface area contributed by atoms with E-state index >= 15 is 0 Å². The first-order valence-electron chi connectivity index (χ1n) is 8.15. The van der Waals surface area contributed by atoms with Crippen molar-refractivity contribution in [2.45, 2.75) is 0 Å². The number of halogens is 1. The minimum absolute atomic E-state index is 0.239. The number of carbonyl (C=O) groups excluding carboxylic acids is 1. The Labute approximate surface area is 153 Å². The number of morpholine rings is 1. The second-order valence-electron chi connectivity index (χ2n) is 5.88. The van der Waals surface area contributed by atoms with E-state index in [0.717, 1.165) is 13.1 Å². The Morgan fingerprint density at radius 3 is 2.48 bits per heavy atom. The molecule has 0 aromatic heterocycles. The highest BCUT2D eigenvalue weighted by Crippen LogP contribution is 2.09. The normalized spacial score (nSPS) is 16.1. The number of hydrogen-bond acceptors (Lipinski definition) is 5. The highest BCUT2D eigenvalue weighted by atomic mass is 35.5. The van der Waals surface area contributed by atoms with E-state index < -0.39 is 10.0 Å². The molecular formula is C16H24ClN3O4S. The topological polar surface area (TPSA) is 79.0 Å². The van der Waals surface area contributed by atoms with Crippen LogP contribution in [-0.2, 0) is 14.8 Å². The summed E-state index contributed by atoms with van der Waals surface area (Å²) in [7, 11) is -3.33. The van der Waals surface area contributed by atoms with Crippen LogP contribution < -0.4 is 5.32 Å². The van der Waals surface area contributed by atoms with Crippen LogP contribution in [0.15, 0.2) is 24.3 Å². The van der Waals surface area contributed by atoms with Gasteiger partial charge < -0.3 is 10.1 Å². The predicted molar refractivity (Wildman–Crippen MR) is 97.5 cm³/mol. The average molecular weight is 390 g/mol. The molecule has 1 aliphatic rings. The van der Waals surface area contributed by atoms with Gasteiger partial charge in [0.05, 0.1) is 19.5 Å². The fourth-order valence-electron chi connectivity index (χ4n) is 2.52. The zero-order chi connectivity index (χ0) is 18.3. The number of hydrogen-bond donors (Lipinski definition) is 1. The molecule has 1 amide bonds. The van der Waals surface area contributed by atoms with E-state index in [2.05, 4.69) is 10.2 Å². The van der Waals surface area contributed by atoms with Gasteiger partial charge in [-0.25, -0.2) is 8.42 Å². The van der Waals surface area contributed by atoms with Crippen LogP contribution in [0.1, 0.15) is 10.4 Å². The van der Waals surface area contributed by atoms with E-state index in [1.165, 1.54) is 10.6 Å². The maximum atomic E-state index is 12.0. The minimum atomic E-state index is -3.33. The molecule has 1 aliphatic heterocycles. The molecule has 0 spiro atoms. The van der Waals surface area contributed by atoms with Gasteiger partial charge in [-0.1, -0.05) is 11.6 Å². The maximum absolute atomic E-state index is 12.0. The monoisotopic (exact) mass is 389 g/mol. The van der Waals surface area contributed by atoms with E-state index in [1.807, 2.05) is 0 Å². The molecule has 7 nitrogen and oxygen atoms in total. The number of nitrogens with one attached hydrogen (secondary N) is 1. The zero-order valence-electron chi connectivity index (χ0n) is 14.3. The smallest absolute Gasteiger partial charge is 0.251 e. The quantitative estimate of drug-likeness (QED) is 0.706. The molecule has 1 aromatic rings. The first kappa shape index (κ1) is 20.1. The summed E-state index contributed by atoms with van der Waals surface area (Å²) in [4.78, 5) is 14.2. The van der Waals surface area contributed by atoms with Crippen molar-refractivity contribution in [2.24, 2.45) is 0 Å². The van der Waals surface area contributed by atoms with Crippen molar-refractivity contribution in [3.8, 4) is 0 Å². The number of nitrogens with zero attached hydrogens (tertiary/aromatic N) is 2. The van der Waals surface area contributed by atoms with E-state index in [-0.39, 0.29) is 19.0 Å². The lowest BCUT2D eigenvalue weighted by Crippen LogP contribution is -2.44. The number of amides is 1. The molecule has 140 valence electrons. The van der Waals surface area contributed by atoms with Gasteiger partial charge in [0.2, 0.25) is 10.0 Å². The van der Waals surface area contributed by atoms with Crippen LogP contribution in [0.2, 0.25) is 5.02 Å². The van der Waals surface area contributed by atoms with Gasteiger partial charge in [0, 0.05) is 49.9 Å². The first-order valence-corrected chi connectivity index (χ1v) is 10.4. The Morgan fingerprint density at radius 2 is 1.88 bits per heavy atom. The number of ether oxygens (including phenoxy) is 1. The number of sulfonamides is 1. The van der Waals surface area contributed by atoms with Gasteiger partial charge in [-0.05, 0) is 24.3 Å². The summed E-state index contributed by atoms with van der Waals surface area (Å²) in [6.07, 6.45) is 1.19. The molecule has 1 N–H and O–H groups in total. The van der Waals surface area contributed by atoms with Crippen molar-refractivity contribution < 1.29 is 17.9 Å². The summed E-state index contributed by atoms with van der Waals surface area (Å²) in [6, 6.07) is 6.54. The Balaban J connectivity index is 1.81. The molecule has 1 heterocycles. The van der Waals surface area contributed by atoms with Gasteiger partial charge in [-0.15, -0.1) is 0 Å². The van der Waals surface area contributed by atoms with Crippen molar-refractivity contribution in [3.05, 3.63) is 34.9 Å². The van der Waals surface area contributed by atoms with Crippen molar-refractivity contribution in [2.75, 3.05) is 58.7 Å². The van der Waals surface area contributed by atoms with Crippen LogP contribution in [-0.4, -0.2) is 82.3 Å². The maximum Gasteiger partial charge on any atom is 0.251 e. The molecule has 9 heteroatoms. The fraction of sp³-hybridized carbons (Fsp3) is 0.562. The van der Waals surface area contributed by atoms with Crippen LogP contribution in [0, 0.1) is 0 Å². The summed E-state index contributed by atoms with van der Waals surface area (Å²) in [6.45, 7) is 4.51. The number of carbonyl (C=O) groups is 1. The summed E-state index contributed by atoms with van der Waals surface area (Å²) in [5.74, 6) is -0.252. The lowest BCUT2D eigenvalue weighted by molar-refractivity contribution is 0.0363. The van der Waals surface area contributed by atoms with Crippen molar-refractivity contribution in [1.29, 1.82) is 0 Å². The SMILES string of the molecule is CS(=O)(=O)N(CCNC(=O)c1ccc(Cl)cc1)CCN1CCOCC1. The Kier molecular flexibility index (Phi) is 7.64. The summed E-state index contributed by atoms with van der Waals surface area (Å²) in [5, 5.41) is 3.30. The van der Waals surface area contributed by atoms with E-state index in [4.69, 9.17) is 16.3 Å². The molecule has 1 saturated heterocycles. The molecular weight excluding hydrogens is 366 g/mol. The summed E-state index contributed by atoms with van der Waals surface area (Å²) in [5.41, 5.74) is 0.489. The van der Waals surface area contributed by atoms with E-state index in [9.17, 15) is 13.2 Å². The standard InChI is InChI=1S/C16H24ClN3O4S/c1-25(22,23)20(9-8-19-10-12-24-13-11-19)7-6-18-16(21)14-2-4-15(17)5-3-14/h2-5H,6-13H2,1H3,(H,18,21). The molecule has 2 rings (SSSR count). The Morgan fingerprint density at radius 1 is 1.24 bits per heavy atom. The van der Waals surface area contributed by atoms with Crippen LogP contribution in [0.5, 0.6) is 0 Å². The second kappa shape index (κ2) is 9.49. The van der Waals surface area contributed by atoms with Crippen LogP contribution in [0.3, 0.4) is 0 Å². The largest absolute Gasteiger partial charge is 0.379 e. The highest BCUT2D eigenvalue weighted by Gasteiger charge is 2.19. The van der Waals surface area contributed by atoms with Crippen LogP contribution in [0.4, 0.5) is 0 Å². The summed E-state index contributed by atoms with van der Waals surface area (Å²) < 4.78 is 30.6. The molecule has 0 bridgehead atoms. The highest BCUT2D eigenvalue weighted by molar-refractivity contribution is 7.88. The van der Waals surface area contributed by atoms with Crippen molar-refractivity contribution >= 4 is 27.5 Å². The van der Waals surface area contributed by atoms with Gasteiger partial charge in [-0.3, -0.25) is 9.69 Å². The Bertz CT molecular complexity index is 660. The van der Waals surface area contributed by atoms with E-state index in [0.29, 0.717) is 36.9 Å². The molecule has 0 saturated carbocycles. The number of benzene rings is 1. The molecule has 0 aliphatic carbocycles. The molecule has 1 aromatic carbocycles. The second-order valence-corrected chi connectivity index (χ2v) is 8.30. The van der Waals surface area contributed by atoms with Gasteiger partial charge in [0.25, 0.3) is 5.91 Å². The summed E-state index contributed by atoms with van der Waals surface area (Å²) >= 11 is 5.79.